The zero-order valence-corrected chi connectivity index (χ0v) is 5.77. The number of hydrogen-bond acceptors (Lipinski definition) is 2. The van der Waals surface area contributed by atoms with E-state index in [1.807, 2.05) is 0 Å². The molecule has 9 heavy (non-hydrogen) atoms. The molecule has 52 valence electrons. The zero-order valence-electron chi connectivity index (χ0n) is 5.77. The lowest BCUT2D eigenvalue weighted by Gasteiger charge is -2.29. The van der Waals surface area contributed by atoms with Gasteiger partial charge in [-0.2, -0.15) is 0 Å². The molecule has 0 bridgehead atoms. The van der Waals surface area contributed by atoms with Crippen LogP contribution in [0.4, 0.5) is 0 Å². The van der Waals surface area contributed by atoms with E-state index in [1.54, 1.807) is 0 Å². The maximum atomic E-state index is 3.38. The van der Waals surface area contributed by atoms with Crippen molar-refractivity contribution in [3.63, 3.8) is 0 Å². The quantitative estimate of drug-likeness (QED) is 0.505. The third-order valence-electron chi connectivity index (χ3n) is 2.47. The van der Waals surface area contributed by atoms with Crippen LogP contribution in [0.2, 0.25) is 0 Å². The highest BCUT2D eigenvalue weighted by Crippen LogP contribution is 2.20. The molecule has 1 atom stereocenters. The molecule has 2 aliphatic heterocycles. The zero-order chi connectivity index (χ0) is 6.10. The molecule has 0 saturated carbocycles. The van der Waals surface area contributed by atoms with Crippen molar-refractivity contribution in [1.82, 2.24) is 10.2 Å². The largest absolute Gasteiger partial charge is 0.304 e. The summed E-state index contributed by atoms with van der Waals surface area (Å²) < 4.78 is 0. The summed E-state index contributed by atoms with van der Waals surface area (Å²) in [7, 11) is 0. The number of nitrogens with zero attached hydrogens (tertiary/aromatic N) is 1. The minimum atomic E-state index is 0.936. The summed E-state index contributed by atoms with van der Waals surface area (Å²) in [6.45, 7) is 3.71. The molecule has 2 rings (SSSR count). The van der Waals surface area contributed by atoms with Gasteiger partial charge in [0.05, 0.1) is 0 Å². The van der Waals surface area contributed by atoms with Crippen molar-refractivity contribution in [2.24, 2.45) is 0 Å². The highest BCUT2D eigenvalue weighted by atomic mass is 15.3. The van der Waals surface area contributed by atoms with Gasteiger partial charge in [-0.1, -0.05) is 0 Å². The fraction of sp³-hybridized carbons (Fsp3) is 1.00. The van der Waals surface area contributed by atoms with E-state index in [1.165, 1.54) is 32.4 Å². The summed E-state index contributed by atoms with van der Waals surface area (Å²) in [5.74, 6) is 0. The molecule has 1 unspecified atom stereocenters. The Morgan fingerprint density at radius 1 is 1.33 bits per heavy atom. The van der Waals surface area contributed by atoms with Gasteiger partial charge in [-0.15, -0.1) is 0 Å². The number of rotatable bonds is 0. The molecule has 2 heterocycles. The van der Waals surface area contributed by atoms with Crippen molar-refractivity contribution in [1.29, 1.82) is 0 Å². The molecular formula is C7H14N2. The molecule has 1 N–H and O–H groups in total. The van der Waals surface area contributed by atoms with Crippen LogP contribution in [-0.2, 0) is 0 Å². The maximum absolute atomic E-state index is 3.38. The fourth-order valence-corrected chi connectivity index (χ4v) is 1.92. The molecule has 0 aliphatic carbocycles. The van der Waals surface area contributed by atoms with Gasteiger partial charge in [0.2, 0.25) is 0 Å². The van der Waals surface area contributed by atoms with Crippen LogP contribution in [0.15, 0.2) is 0 Å². The molecule has 0 amide bonds. The minimum Gasteiger partial charge on any atom is -0.304 e. The lowest BCUT2D eigenvalue weighted by molar-refractivity contribution is 0.187. The summed E-state index contributed by atoms with van der Waals surface area (Å²) >= 11 is 0. The van der Waals surface area contributed by atoms with Crippen LogP contribution < -0.4 is 5.32 Å². The average molecular weight is 126 g/mol. The van der Waals surface area contributed by atoms with Crippen LogP contribution >= 0.6 is 0 Å². The van der Waals surface area contributed by atoms with E-state index in [9.17, 15) is 0 Å². The molecule has 0 aromatic rings. The van der Waals surface area contributed by atoms with E-state index in [0.717, 1.165) is 12.7 Å². The Bertz CT molecular complexity index is 91.1. The lowest BCUT2D eigenvalue weighted by atomic mass is 10.1. The standard InChI is InChI=1S/C7H14N2/c1-2-7-3-4-8-6-9(7)5-1/h7-8H,1-6H2. The maximum Gasteiger partial charge on any atom is 0.0483 e. The Hall–Kier alpha value is -0.0800. The fourth-order valence-electron chi connectivity index (χ4n) is 1.92. The number of nitrogens with one attached hydrogen (secondary N) is 1. The van der Waals surface area contributed by atoms with Gasteiger partial charge in [0.1, 0.15) is 0 Å². The van der Waals surface area contributed by atoms with Crippen LogP contribution in [0.1, 0.15) is 19.3 Å². The average Bonchev–Trinajstić information content (AvgIpc) is 2.33. The van der Waals surface area contributed by atoms with Gasteiger partial charge in [0.25, 0.3) is 0 Å². The van der Waals surface area contributed by atoms with Crippen molar-refractivity contribution in [2.45, 2.75) is 25.3 Å². The van der Waals surface area contributed by atoms with E-state index in [-0.39, 0.29) is 0 Å². The smallest absolute Gasteiger partial charge is 0.0483 e. The predicted octanol–water partition coefficient (Wildman–Crippen LogP) is 0.402. The first-order chi connectivity index (χ1) is 4.47. The highest BCUT2D eigenvalue weighted by molar-refractivity contribution is 4.81. The van der Waals surface area contributed by atoms with Crippen molar-refractivity contribution in [2.75, 3.05) is 19.8 Å². The second-order valence-corrected chi connectivity index (χ2v) is 3.06. The van der Waals surface area contributed by atoms with Gasteiger partial charge in [-0.05, 0) is 32.4 Å². The summed E-state index contributed by atoms with van der Waals surface area (Å²) in [6.07, 6.45) is 4.24. The Morgan fingerprint density at radius 2 is 2.33 bits per heavy atom. The Kier molecular flexibility index (Phi) is 1.44. The van der Waals surface area contributed by atoms with Gasteiger partial charge in [0.15, 0.2) is 0 Å². The van der Waals surface area contributed by atoms with Crippen LogP contribution in [0.25, 0.3) is 0 Å². The van der Waals surface area contributed by atoms with Gasteiger partial charge < -0.3 is 5.32 Å². The molecule has 0 spiro atoms. The van der Waals surface area contributed by atoms with Gasteiger partial charge in [-0.3, -0.25) is 4.90 Å². The van der Waals surface area contributed by atoms with Crippen LogP contribution in [-0.4, -0.2) is 30.7 Å². The number of hydrogen-bond donors (Lipinski definition) is 1. The third-order valence-corrected chi connectivity index (χ3v) is 2.47. The molecule has 2 heteroatoms. The highest BCUT2D eigenvalue weighted by Gasteiger charge is 2.25. The first-order valence-electron chi connectivity index (χ1n) is 3.91. The lowest BCUT2D eigenvalue weighted by Crippen LogP contribution is -2.44. The summed E-state index contributed by atoms with van der Waals surface area (Å²) in [4.78, 5) is 2.56. The van der Waals surface area contributed by atoms with Crippen LogP contribution in [0.3, 0.4) is 0 Å². The first-order valence-corrected chi connectivity index (χ1v) is 3.91. The van der Waals surface area contributed by atoms with Crippen molar-refractivity contribution < 1.29 is 0 Å². The van der Waals surface area contributed by atoms with Gasteiger partial charge >= 0.3 is 0 Å². The summed E-state index contributed by atoms with van der Waals surface area (Å²) in [6, 6.07) is 0.936. The van der Waals surface area contributed by atoms with E-state index in [2.05, 4.69) is 10.2 Å². The van der Waals surface area contributed by atoms with Crippen molar-refractivity contribution in [3.8, 4) is 0 Å². The van der Waals surface area contributed by atoms with Crippen LogP contribution in [0.5, 0.6) is 0 Å². The molecule has 2 fully saturated rings. The van der Waals surface area contributed by atoms with E-state index < -0.39 is 0 Å². The molecule has 2 saturated heterocycles. The van der Waals surface area contributed by atoms with Crippen molar-refractivity contribution in [3.05, 3.63) is 0 Å². The van der Waals surface area contributed by atoms with Gasteiger partial charge in [-0.25, -0.2) is 0 Å². The topological polar surface area (TPSA) is 15.3 Å². The molecule has 0 aromatic heterocycles. The first kappa shape index (κ1) is 5.69. The van der Waals surface area contributed by atoms with E-state index in [0.29, 0.717) is 0 Å². The SMILES string of the molecule is C1CC2CCNCN2C1. The summed E-state index contributed by atoms with van der Waals surface area (Å²) in [5.41, 5.74) is 0. The minimum absolute atomic E-state index is 0.936. The monoisotopic (exact) mass is 126 g/mol. The Labute approximate surface area is 56.2 Å². The van der Waals surface area contributed by atoms with E-state index >= 15 is 0 Å². The molecule has 2 aliphatic rings. The normalized spacial score (nSPS) is 36.7. The Balaban J connectivity index is 1.97. The van der Waals surface area contributed by atoms with Gasteiger partial charge in [0, 0.05) is 12.7 Å². The van der Waals surface area contributed by atoms with E-state index in [4.69, 9.17) is 0 Å². The predicted molar refractivity (Wildman–Crippen MR) is 37.2 cm³/mol. The van der Waals surface area contributed by atoms with Crippen molar-refractivity contribution >= 4 is 0 Å². The second-order valence-electron chi connectivity index (χ2n) is 3.06. The molecule has 0 radical (unpaired) electrons. The third kappa shape index (κ3) is 0.970. The number of fused-ring (bicyclic) bond motifs is 1. The summed E-state index contributed by atoms with van der Waals surface area (Å²) in [5, 5.41) is 3.38. The second kappa shape index (κ2) is 2.27. The molecule has 0 aromatic carbocycles. The molecule has 2 nitrogen and oxygen atoms in total. The Morgan fingerprint density at radius 3 is 3.22 bits per heavy atom. The molecular weight excluding hydrogens is 112 g/mol. The van der Waals surface area contributed by atoms with Crippen LogP contribution in [0, 0.1) is 0 Å².